The van der Waals surface area contributed by atoms with Gasteiger partial charge in [0, 0.05) is 54.3 Å². The summed E-state index contributed by atoms with van der Waals surface area (Å²) in [4.78, 5) is 29.9. The van der Waals surface area contributed by atoms with E-state index in [0.717, 1.165) is 16.4 Å². The Morgan fingerprint density at radius 2 is 1.97 bits per heavy atom. The van der Waals surface area contributed by atoms with Crippen molar-refractivity contribution in [3.8, 4) is 11.1 Å². The normalized spacial score (nSPS) is 23.6. The second-order valence-corrected chi connectivity index (χ2v) is 10.3. The third kappa shape index (κ3) is 3.49. The van der Waals surface area contributed by atoms with E-state index in [-0.39, 0.29) is 17.8 Å². The minimum Gasteiger partial charge on any atom is -0.469 e. The maximum absolute atomic E-state index is 14.6. The maximum atomic E-state index is 14.6. The molecule has 1 aromatic carbocycles. The first-order valence-electron chi connectivity index (χ1n) is 10.9. The summed E-state index contributed by atoms with van der Waals surface area (Å²) in [5, 5.41) is 10.2. The second kappa shape index (κ2) is 8.67. The Kier molecular flexibility index (Phi) is 5.78. The van der Waals surface area contributed by atoms with Gasteiger partial charge in [0.05, 0.1) is 19.1 Å². The van der Waals surface area contributed by atoms with Crippen molar-refractivity contribution in [2.45, 2.75) is 23.5 Å². The smallest absolute Gasteiger partial charge is 0.311 e. The highest BCUT2D eigenvalue weighted by Gasteiger charge is 2.60. The third-order valence-corrected chi connectivity index (χ3v) is 8.77. The number of carbonyl (C=O) groups excluding carboxylic acids is 1. The molecule has 0 aliphatic carbocycles. The summed E-state index contributed by atoms with van der Waals surface area (Å²) < 4.78 is 49.5. The monoisotopic (exact) mass is 499 g/mol. The predicted octanol–water partition coefficient (Wildman–Crippen LogP) is 1.57. The molecule has 1 fully saturated rings. The van der Waals surface area contributed by atoms with Gasteiger partial charge < -0.3 is 14.4 Å². The number of ether oxygens (including phenoxy) is 1. The molecule has 35 heavy (non-hydrogen) atoms. The first-order valence-corrected chi connectivity index (χ1v) is 12.4. The van der Waals surface area contributed by atoms with Gasteiger partial charge in [-0.25, -0.2) is 12.8 Å². The summed E-state index contributed by atoms with van der Waals surface area (Å²) in [6.07, 6.45) is 3.13. The van der Waals surface area contributed by atoms with Gasteiger partial charge in [-0.1, -0.05) is 18.2 Å². The fourth-order valence-corrected chi connectivity index (χ4v) is 7.21. The van der Waals surface area contributed by atoms with Crippen LogP contribution in [0.3, 0.4) is 0 Å². The van der Waals surface area contributed by atoms with E-state index in [1.807, 2.05) is 0 Å². The van der Waals surface area contributed by atoms with E-state index >= 15 is 0 Å². The number of pyridine rings is 2. The van der Waals surface area contributed by atoms with Crippen LogP contribution >= 0.6 is 0 Å². The highest BCUT2D eigenvalue weighted by atomic mass is 32.2. The Morgan fingerprint density at radius 3 is 2.63 bits per heavy atom. The first-order chi connectivity index (χ1) is 16.8. The van der Waals surface area contributed by atoms with E-state index < -0.39 is 57.2 Å². The van der Waals surface area contributed by atoms with Gasteiger partial charge >= 0.3 is 5.97 Å². The van der Waals surface area contributed by atoms with E-state index in [0.29, 0.717) is 11.1 Å². The van der Waals surface area contributed by atoms with Gasteiger partial charge in [0.15, 0.2) is 0 Å². The molecule has 0 unspecified atom stereocenters. The molecule has 3 aromatic rings. The van der Waals surface area contributed by atoms with Crippen LogP contribution in [-0.4, -0.2) is 53.1 Å². The van der Waals surface area contributed by atoms with Gasteiger partial charge in [-0.3, -0.25) is 14.6 Å². The quantitative estimate of drug-likeness (QED) is 0.530. The molecular formula is C24H22FN3O6S. The van der Waals surface area contributed by atoms with Crippen LogP contribution in [0.2, 0.25) is 0 Å². The Labute approximate surface area is 200 Å². The van der Waals surface area contributed by atoms with Gasteiger partial charge in [0.1, 0.15) is 10.7 Å². The summed E-state index contributed by atoms with van der Waals surface area (Å²) in [5.41, 5.74) is 0.840. The number of carbonyl (C=O) groups is 1. The van der Waals surface area contributed by atoms with Crippen molar-refractivity contribution in [2.75, 3.05) is 13.7 Å². The number of benzene rings is 1. The summed E-state index contributed by atoms with van der Waals surface area (Å²) in [5.74, 6) is -3.61. The van der Waals surface area contributed by atoms with Crippen molar-refractivity contribution >= 4 is 16.0 Å². The van der Waals surface area contributed by atoms with Crippen LogP contribution in [0.25, 0.3) is 11.1 Å². The van der Waals surface area contributed by atoms with Gasteiger partial charge in [-0.15, -0.1) is 0 Å². The summed E-state index contributed by atoms with van der Waals surface area (Å²) >= 11 is 0. The molecule has 4 heterocycles. The average molecular weight is 500 g/mol. The van der Waals surface area contributed by atoms with E-state index in [4.69, 9.17) is 4.74 Å². The van der Waals surface area contributed by atoms with Gasteiger partial charge in [0.25, 0.3) is 5.56 Å². The van der Waals surface area contributed by atoms with Crippen LogP contribution in [0.5, 0.6) is 0 Å². The minimum atomic E-state index is -4.45. The van der Waals surface area contributed by atoms with Crippen molar-refractivity contribution in [1.29, 1.82) is 0 Å². The zero-order valence-corrected chi connectivity index (χ0v) is 19.4. The van der Waals surface area contributed by atoms with Gasteiger partial charge in [-0.2, -0.15) is 4.31 Å². The first kappa shape index (κ1) is 23.3. The number of hydrogen-bond acceptors (Lipinski definition) is 7. The van der Waals surface area contributed by atoms with Crippen molar-refractivity contribution < 1.29 is 27.4 Å². The average Bonchev–Trinajstić information content (AvgIpc) is 3.12. The fourth-order valence-electron chi connectivity index (χ4n) is 5.30. The zero-order chi connectivity index (χ0) is 24.9. The zero-order valence-electron chi connectivity index (χ0n) is 18.6. The highest BCUT2D eigenvalue weighted by Crippen LogP contribution is 2.51. The number of halogens is 1. The number of sulfonamides is 1. The lowest BCUT2D eigenvalue weighted by atomic mass is 9.87. The fraction of sp³-hybridized carbons (Fsp3) is 0.292. The molecule has 0 spiro atoms. The number of aliphatic hydroxyl groups is 1. The second-order valence-electron chi connectivity index (χ2n) is 8.50. The van der Waals surface area contributed by atoms with Crippen LogP contribution in [0, 0.1) is 17.7 Å². The highest BCUT2D eigenvalue weighted by molar-refractivity contribution is 7.89. The van der Waals surface area contributed by atoms with E-state index in [9.17, 15) is 27.5 Å². The largest absolute Gasteiger partial charge is 0.469 e. The van der Waals surface area contributed by atoms with Crippen LogP contribution in [0.1, 0.15) is 11.7 Å². The Balaban J connectivity index is 1.73. The molecule has 2 aliphatic rings. The number of rotatable bonds is 5. The van der Waals surface area contributed by atoms with E-state index in [1.165, 1.54) is 23.8 Å². The molecule has 2 aromatic heterocycles. The summed E-state index contributed by atoms with van der Waals surface area (Å²) in [7, 11) is -3.28. The van der Waals surface area contributed by atoms with Crippen molar-refractivity contribution in [3.63, 3.8) is 0 Å². The number of esters is 1. The molecule has 9 nitrogen and oxygen atoms in total. The molecule has 182 valence electrons. The molecule has 1 saturated heterocycles. The molecule has 1 N–H and O–H groups in total. The molecular weight excluding hydrogens is 477 g/mol. The number of nitrogens with zero attached hydrogens (tertiary/aromatic N) is 3. The van der Waals surface area contributed by atoms with Gasteiger partial charge in [0.2, 0.25) is 10.0 Å². The standard InChI is InChI=1S/C24H22FN3O6S/c1-34-24(31)21-16(13-29)19-12-27-18(9-8-15(23(27)30)14-5-4-10-26-11-14)22(21)28(19)35(32,33)20-7-3-2-6-17(20)25/h2-11,16,19,21-22,29H,12-13H2,1H3/t16-,19-,21+,22+/m1/s1. The lowest BCUT2D eigenvalue weighted by Gasteiger charge is -2.37. The van der Waals surface area contributed by atoms with Crippen molar-refractivity contribution in [2.24, 2.45) is 11.8 Å². The minimum absolute atomic E-state index is 0.120. The molecule has 2 bridgehead atoms. The Morgan fingerprint density at radius 1 is 1.20 bits per heavy atom. The number of hydrogen-bond donors (Lipinski definition) is 1. The Bertz CT molecular complexity index is 1460. The lowest BCUT2D eigenvalue weighted by Crippen LogP contribution is -2.49. The SMILES string of the molecule is COC(=O)[C@H]1[C@H](CO)[C@H]2Cn3c(ccc(-c4cccnc4)c3=O)[C@@H]1N2S(=O)(=O)c1ccccc1F. The topological polar surface area (TPSA) is 119 Å². The number of aliphatic hydroxyl groups excluding tert-OH is 1. The molecule has 0 amide bonds. The molecule has 11 heteroatoms. The van der Waals surface area contributed by atoms with Gasteiger partial charge in [-0.05, 0) is 30.3 Å². The van der Waals surface area contributed by atoms with Crippen molar-refractivity contribution in [1.82, 2.24) is 13.9 Å². The summed E-state index contributed by atoms with van der Waals surface area (Å²) in [6.45, 7) is -0.645. The molecule has 5 rings (SSSR count). The van der Waals surface area contributed by atoms with Crippen LogP contribution < -0.4 is 5.56 Å². The number of aromatic nitrogens is 2. The number of methoxy groups -OCH3 is 1. The van der Waals surface area contributed by atoms with E-state index in [2.05, 4.69) is 4.98 Å². The number of fused-ring (bicyclic) bond motifs is 4. The van der Waals surface area contributed by atoms with Crippen LogP contribution in [0.4, 0.5) is 4.39 Å². The molecule has 0 saturated carbocycles. The maximum Gasteiger partial charge on any atom is 0.311 e. The van der Waals surface area contributed by atoms with E-state index in [1.54, 1.807) is 36.7 Å². The third-order valence-electron chi connectivity index (χ3n) is 6.83. The predicted molar refractivity (Wildman–Crippen MR) is 122 cm³/mol. The molecule has 2 aliphatic heterocycles. The summed E-state index contributed by atoms with van der Waals surface area (Å²) in [6, 6.07) is 9.40. The van der Waals surface area contributed by atoms with Crippen LogP contribution in [0.15, 0.2) is 70.6 Å². The Hall–Kier alpha value is -3.41. The molecule has 0 radical (unpaired) electrons. The van der Waals surface area contributed by atoms with Crippen LogP contribution in [-0.2, 0) is 26.1 Å². The van der Waals surface area contributed by atoms with Crippen molar-refractivity contribution in [3.05, 3.63) is 82.8 Å². The molecule has 4 atom stereocenters. The lowest BCUT2D eigenvalue weighted by molar-refractivity contribution is -0.148.